The number of aromatic nitrogens is 3. The lowest BCUT2D eigenvalue weighted by molar-refractivity contribution is 0.149. The maximum Gasteiger partial charge on any atom is 0.157 e. The highest BCUT2D eigenvalue weighted by molar-refractivity contribution is 5.78. The Kier molecular flexibility index (Phi) is 4.40. The van der Waals surface area contributed by atoms with E-state index in [4.69, 9.17) is 0 Å². The maximum absolute atomic E-state index is 9.58. The van der Waals surface area contributed by atoms with Crippen molar-refractivity contribution in [3.8, 4) is 0 Å². The first kappa shape index (κ1) is 14.9. The van der Waals surface area contributed by atoms with E-state index in [0.717, 1.165) is 35.1 Å². The van der Waals surface area contributed by atoms with Crippen molar-refractivity contribution in [2.75, 3.05) is 6.61 Å². The van der Waals surface area contributed by atoms with Crippen molar-refractivity contribution in [2.24, 2.45) is 7.05 Å². The molecule has 2 rings (SSSR count). The standard InChI is InChI=1S/C15H24N4O/c1-5-15(6-2,10-20)17-9-12-7-13-11(3)18-19(4)14(13)16-8-12/h7-8,17,20H,5-6,9-10H2,1-4H3. The summed E-state index contributed by atoms with van der Waals surface area (Å²) in [5.74, 6) is 0. The van der Waals surface area contributed by atoms with Crippen LogP contribution in [0.2, 0.25) is 0 Å². The zero-order valence-electron chi connectivity index (χ0n) is 12.8. The number of hydrogen-bond donors (Lipinski definition) is 2. The van der Waals surface area contributed by atoms with Crippen LogP contribution in [0.5, 0.6) is 0 Å². The number of aliphatic hydroxyl groups excluding tert-OH is 1. The zero-order valence-corrected chi connectivity index (χ0v) is 12.8. The number of nitrogens with one attached hydrogen (secondary N) is 1. The Hall–Kier alpha value is -1.46. The van der Waals surface area contributed by atoms with Gasteiger partial charge in [-0.1, -0.05) is 13.8 Å². The predicted molar refractivity (Wildman–Crippen MR) is 80.5 cm³/mol. The topological polar surface area (TPSA) is 63.0 Å². The fraction of sp³-hybridized carbons (Fsp3) is 0.600. The Morgan fingerprint density at radius 2 is 2.05 bits per heavy atom. The van der Waals surface area contributed by atoms with Gasteiger partial charge in [-0.2, -0.15) is 5.10 Å². The lowest BCUT2D eigenvalue weighted by atomic mass is 9.93. The number of pyridine rings is 1. The Bertz CT molecular complexity index is 579. The van der Waals surface area contributed by atoms with E-state index in [1.807, 2.05) is 20.2 Å². The Morgan fingerprint density at radius 1 is 1.35 bits per heavy atom. The monoisotopic (exact) mass is 276 g/mol. The van der Waals surface area contributed by atoms with Crippen LogP contribution < -0.4 is 5.32 Å². The molecule has 0 aromatic carbocycles. The fourth-order valence-electron chi connectivity index (χ4n) is 2.52. The van der Waals surface area contributed by atoms with E-state index >= 15 is 0 Å². The van der Waals surface area contributed by atoms with Gasteiger partial charge in [0.1, 0.15) is 0 Å². The summed E-state index contributed by atoms with van der Waals surface area (Å²) in [4.78, 5) is 4.48. The molecule has 0 saturated heterocycles. The number of rotatable bonds is 6. The molecule has 0 bridgehead atoms. The summed E-state index contributed by atoms with van der Waals surface area (Å²) in [6, 6.07) is 2.13. The average Bonchev–Trinajstić information content (AvgIpc) is 2.76. The van der Waals surface area contributed by atoms with Gasteiger partial charge < -0.3 is 10.4 Å². The van der Waals surface area contributed by atoms with Crippen LogP contribution in [0.3, 0.4) is 0 Å². The summed E-state index contributed by atoms with van der Waals surface area (Å²) in [5.41, 5.74) is 2.83. The van der Waals surface area contributed by atoms with E-state index in [1.54, 1.807) is 4.68 Å². The van der Waals surface area contributed by atoms with E-state index in [-0.39, 0.29) is 12.1 Å². The van der Waals surface area contributed by atoms with Crippen molar-refractivity contribution in [3.05, 3.63) is 23.5 Å². The Balaban J connectivity index is 2.20. The van der Waals surface area contributed by atoms with Gasteiger partial charge in [0.2, 0.25) is 0 Å². The SMILES string of the molecule is CCC(CC)(CO)NCc1cnc2c(c1)c(C)nn2C. The second kappa shape index (κ2) is 5.89. The first-order valence-electron chi connectivity index (χ1n) is 7.19. The average molecular weight is 276 g/mol. The van der Waals surface area contributed by atoms with E-state index in [0.29, 0.717) is 6.54 Å². The zero-order chi connectivity index (χ0) is 14.8. The van der Waals surface area contributed by atoms with Gasteiger partial charge in [0.05, 0.1) is 12.3 Å². The van der Waals surface area contributed by atoms with Gasteiger partial charge in [-0.3, -0.25) is 4.68 Å². The summed E-state index contributed by atoms with van der Waals surface area (Å²) >= 11 is 0. The molecule has 0 saturated carbocycles. The first-order chi connectivity index (χ1) is 9.55. The van der Waals surface area contributed by atoms with E-state index < -0.39 is 0 Å². The van der Waals surface area contributed by atoms with Gasteiger partial charge in [0.25, 0.3) is 0 Å². The smallest absolute Gasteiger partial charge is 0.157 e. The molecule has 0 amide bonds. The molecule has 110 valence electrons. The number of nitrogens with zero attached hydrogens (tertiary/aromatic N) is 3. The third-order valence-electron chi connectivity index (χ3n) is 4.24. The molecular weight excluding hydrogens is 252 g/mol. The van der Waals surface area contributed by atoms with Crippen molar-refractivity contribution in [1.29, 1.82) is 0 Å². The predicted octanol–water partition coefficient (Wildman–Crippen LogP) is 1.92. The molecule has 0 unspecified atom stereocenters. The van der Waals surface area contributed by atoms with Gasteiger partial charge in [0.15, 0.2) is 5.65 Å². The van der Waals surface area contributed by atoms with E-state index in [9.17, 15) is 5.11 Å². The van der Waals surface area contributed by atoms with Gasteiger partial charge in [-0.25, -0.2) is 4.98 Å². The van der Waals surface area contributed by atoms with Crippen LogP contribution in [0.1, 0.15) is 37.9 Å². The van der Waals surface area contributed by atoms with Crippen molar-refractivity contribution < 1.29 is 5.11 Å². The summed E-state index contributed by atoms with van der Waals surface area (Å²) in [5, 5.41) is 18.5. The molecule has 2 heterocycles. The molecule has 2 aromatic rings. The van der Waals surface area contributed by atoms with Crippen LogP contribution in [0.25, 0.3) is 11.0 Å². The first-order valence-corrected chi connectivity index (χ1v) is 7.19. The number of aryl methyl sites for hydroxylation is 2. The van der Waals surface area contributed by atoms with Crippen LogP contribution in [-0.2, 0) is 13.6 Å². The molecule has 0 fully saturated rings. The number of aliphatic hydroxyl groups is 1. The minimum absolute atomic E-state index is 0.154. The fourth-order valence-corrected chi connectivity index (χ4v) is 2.52. The highest BCUT2D eigenvalue weighted by atomic mass is 16.3. The molecule has 0 spiro atoms. The van der Waals surface area contributed by atoms with Gasteiger partial charge >= 0.3 is 0 Å². The molecule has 2 aromatic heterocycles. The molecule has 0 aliphatic heterocycles. The lowest BCUT2D eigenvalue weighted by Crippen LogP contribution is -2.47. The summed E-state index contributed by atoms with van der Waals surface area (Å²) in [7, 11) is 1.91. The van der Waals surface area contributed by atoms with E-state index in [1.165, 1.54) is 0 Å². The molecule has 0 aliphatic rings. The molecule has 20 heavy (non-hydrogen) atoms. The minimum atomic E-state index is -0.195. The molecule has 2 N–H and O–H groups in total. The normalized spacial score (nSPS) is 12.2. The van der Waals surface area contributed by atoms with Crippen LogP contribution in [-0.4, -0.2) is 32.0 Å². The number of hydrogen-bond acceptors (Lipinski definition) is 4. The molecule has 0 aliphatic carbocycles. The molecule has 5 nitrogen and oxygen atoms in total. The largest absolute Gasteiger partial charge is 0.394 e. The Labute approximate surface area is 120 Å². The Morgan fingerprint density at radius 3 is 2.65 bits per heavy atom. The molecule has 0 atom stereocenters. The van der Waals surface area contributed by atoms with Crippen LogP contribution in [0.15, 0.2) is 12.3 Å². The van der Waals surface area contributed by atoms with Crippen molar-refractivity contribution in [3.63, 3.8) is 0 Å². The lowest BCUT2D eigenvalue weighted by Gasteiger charge is -2.31. The molecular formula is C15H24N4O. The second-order valence-corrected chi connectivity index (χ2v) is 5.42. The maximum atomic E-state index is 9.58. The van der Waals surface area contributed by atoms with Crippen molar-refractivity contribution >= 4 is 11.0 Å². The van der Waals surface area contributed by atoms with Crippen LogP contribution >= 0.6 is 0 Å². The van der Waals surface area contributed by atoms with Crippen molar-refractivity contribution in [1.82, 2.24) is 20.1 Å². The summed E-state index contributed by atoms with van der Waals surface area (Å²) < 4.78 is 1.80. The van der Waals surface area contributed by atoms with Gasteiger partial charge in [0, 0.05) is 30.7 Å². The number of fused-ring (bicyclic) bond motifs is 1. The van der Waals surface area contributed by atoms with Gasteiger partial charge in [-0.05, 0) is 31.4 Å². The third-order valence-corrected chi connectivity index (χ3v) is 4.24. The summed E-state index contributed by atoms with van der Waals surface area (Å²) in [6.07, 6.45) is 3.69. The quantitative estimate of drug-likeness (QED) is 0.846. The minimum Gasteiger partial charge on any atom is -0.394 e. The van der Waals surface area contributed by atoms with E-state index in [2.05, 4.69) is 35.3 Å². The second-order valence-electron chi connectivity index (χ2n) is 5.42. The third kappa shape index (κ3) is 2.69. The van der Waals surface area contributed by atoms with Crippen LogP contribution in [0.4, 0.5) is 0 Å². The van der Waals surface area contributed by atoms with Gasteiger partial charge in [-0.15, -0.1) is 0 Å². The van der Waals surface area contributed by atoms with Crippen molar-refractivity contribution in [2.45, 2.75) is 45.7 Å². The van der Waals surface area contributed by atoms with Crippen LogP contribution in [0, 0.1) is 6.92 Å². The summed E-state index contributed by atoms with van der Waals surface area (Å²) in [6.45, 7) is 7.05. The highest BCUT2D eigenvalue weighted by Gasteiger charge is 2.24. The highest BCUT2D eigenvalue weighted by Crippen LogP contribution is 2.18. The molecule has 5 heteroatoms. The molecule has 0 radical (unpaired) electrons.